The number of rotatable bonds is 2. The molecule has 2 N–H and O–H groups in total. The lowest BCUT2D eigenvalue weighted by molar-refractivity contribution is -0.0444. The van der Waals surface area contributed by atoms with Crippen LogP contribution in [0.3, 0.4) is 0 Å². The highest BCUT2D eigenvalue weighted by Crippen LogP contribution is 2.64. The first-order chi connectivity index (χ1) is 5.29. The highest BCUT2D eigenvalue weighted by atomic mass is 16.5. The van der Waals surface area contributed by atoms with Crippen LogP contribution in [0.2, 0.25) is 0 Å². The average molecular weight is 155 g/mol. The molecular formula is C9H17NO. The van der Waals surface area contributed by atoms with Crippen molar-refractivity contribution in [3.63, 3.8) is 0 Å². The molecule has 2 nitrogen and oxygen atoms in total. The van der Waals surface area contributed by atoms with Gasteiger partial charge in [-0.1, -0.05) is 0 Å². The number of methoxy groups -OCH3 is 1. The van der Waals surface area contributed by atoms with Gasteiger partial charge in [0.05, 0.1) is 5.60 Å². The van der Waals surface area contributed by atoms with Crippen LogP contribution in [0.25, 0.3) is 0 Å². The third-order valence-electron chi connectivity index (χ3n) is 3.78. The zero-order chi connectivity index (χ0) is 7.95. The van der Waals surface area contributed by atoms with Gasteiger partial charge in [0.25, 0.3) is 0 Å². The van der Waals surface area contributed by atoms with Gasteiger partial charge in [0, 0.05) is 19.1 Å². The quantitative estimate of drug-likeness (QED) is 0.652. The Morgan fingerprint density at radius 1 is 1.27 bits per heavy atom. The van der Waals surface area contributed by atoms with E-state index in [1.807, 2.05) is 7.11 Å². The van der Waals surface area contributed by atoms with E-state index in [9.17, 15) is 0 Å². The molecule has 2 saturated carbocycles. The van der Waals surface area contributed by atoms with Gasteiger partial charge in [0.15, 0.2) is 0 Å². The van der Waals surface area contributed by atoms with Crippen LogP contribution >= 0.6 is 0 Å². The summed E-state index contributed by atoms with van der Waals surface area (Å²) in [5.74, 6) is 0. The van der Waals surface area contributed by atoms with Crippen molar-refractivity contribution in [3.05, 3.63) is 0 Å². The van der Waals surface area contributed by atoms with Crippen LogP contribution in [-0.2, 0) is 4.74 Å². The Morgan fingerprint density at radius 3 is 2.36 bits per heavy atom. The van der Waals surface area contributed by atoms with E-state index in [2.05, 4.69) is 0 Å². The second kappa shape index (κ2) is 2.20. The van der Waals surface area contributed by atoms with Crippen molar-refractivity contribution in [1.82, 2.24) is 0 Å². The van der Waals surface area contributed by atoms with Crippen molar-refractivity contribution in [3.8, 4) is 0 Å². The smallest absolute Gasteiger partial charge is 0.0856 e. The van der Waals surface area contributed by atoms with Gasteiger partial charge >= 0.3 is 0 Å². The Balaban J connectivity index is 2.20. The van der Waals surface area contributed by atoms with E-state index in [0.717, 1.165) is 0 Å². The molecule has 0 radical (unpaired) electrons. The van der Waals surface area contributed by atoms with Crippen molar-refractivity contribution in [2.75, 3.05) is 13.7 Å². The normalized spacial score (nSPS) is 39.8. The molecule has 1 unspecified atom stereocenters. The Bertz CT molecular complexity index is 159. The molecule has 1 spiro atoms. The summed E-state index contributed by atoms with van der Waals surface area (Å²) in [7, 11) is 1.82. The lowest BCUT2D eigenvalue weighted by Crippen LogP contribution is -2.44. The van der Waals surface area contributed by atoms with Gasteiger partial charge < -0.3 is 10.5 Å². The Labute approximate surface area is 68.1 Å². The highest BCUT2D eigenvalue weighted by molar-refractivity contribution is 5.13. The molecule has 0 bridgehead atoms. The summed E-state index contributed by atoms with van der Waals surface area (Å²) < 4.78 is 5.60. The zero-order valence-corrected chi connectivity index (χ0v) is 7.23. The number of hydrogen-bond acceptors (Lipinski definition) is 2. The lowest BCUT2D eigenvalue weighted by Gasteiger charge is -2.33. The second-order valence-electron chi connectivity index (χ2n) is 4.04. The van der Waals surface area contributed by atoms with Crippen LogP contribution < -0.4 is 5.73 Å². The van der Waals surface area contributed by atoms with Gasteiger partial charge in [-0.15, -0.1) is 0 Å². The Hall–Kier alpha value is -0.0800. The van der Waals surface area contributed by atoms with E-state index in [4.69, 9.17) is 10.5 Å². The summed E-state index contributed by atoms with van der Waals surface area (Å²) in [5, 5.41) is 0. The highest BCUT2D eigenvalue weighted by Gasteiger charge is 2.61. The summed E-state index contributed by atoms with van der Waals surface area (Å²) in [6.45, 7) is 0.712. The molecule has 0 aliphatic heterocycles. The van der Waals surface area contributed by atoms with Gasteiger partial charge in [-0.2, -0.15) is 0 Å². The number of ether oxygens (including phenoxy) is 1. The van der Waals surface area contributed by atoms with Crippen molar-refractivity contribution in [2.24, 2.45) is 11.1 Å². The zero-order valence-electron chi connectivity index (χ0n) is 7.23. The van der Waals surface area contributed by atoms with E-state index in [1.54, 1.807) is 0 Å². The van der Waals surface area contributed by atoms with Crippen LogP contribution in [-0.4, -0.2) is 19.3 Å². The predicted molar refractivity (Wildman–Crippen MR) is 44.3 cm³/mol. The minimum atomic E-state index is 0.0625. The van der Waals surface area contributed by atoms with Gasteiger partial charge in [-0.25, -0.2) is 0 Å². The summed E-state index contributed by atoms with van der Waals surface area (Å²) in [6, 6.07) is 0. The first-order valence-electron chi connectivity index (χ1n) is 4.54. The average Bonchev–Trinajstić information content (AvgIpc) is 2.68. The molecule has 0 aromatic heterocycles. The molecule has 0 heterocycles. The first kappa shape index (κ1) is 7.56. The molecule has 0 amide bonds. The van der Waals surface area contributed by atoms with Crippen molar-refractivity contribution >= 4 is 0 Å². The molecular weight excluding hydrogens is 138 g/mol. The number of hydrogen-bond donors (Lipinski definition) is 1. The molecule has 64 valence electrons. The maximum Gasteiger partial charge on any atom is 0.0856 e. The maximum absolute atomic E-state index is 5.77. The Morgan fingerprint density at radius 2 is 2.00 bits per heavy atom. The van der Waals surface area contributed by atoms with Crippen LogP contribution in [0, 0.1) is 5.41 Å². The van der Waals surface area contributed by atoms with Crippen molar-refractivity contribution < 1.29 is 4.74 Å². The molecule has 1 atom stereocenters. The molecule has 2 heteroatoms. The topological polar surface area (TPSA) is 35.2 Å². The van der Waals surface area contributed by atoms with Gasteiger partial charge in [-0.3, -0.25) is 0 Å². The van der Waals surface area contributed by atoms with Crippen LogP contribution in [0.1, 0.15) is 32.1 Å². The van der Waals surface area contributed by atoms with Gasteiger partial charge in [0.1, 0.15) is 0 Å². The minimum Gasteiger partial charge on any atom is -0.376 e. The summed E-state index contributed by atoms with van der Waals surface area (Å²) in [6.07, 6.45) is 6.53. The fourth-order valence-electron chi connectivity index (χ4n) is 2.78. The largest absolute Gasteiger partial charge is 0.376 e. The first-order valence-corrected chi connectivity index (χ1v) is 4.54. The van der Waals surface area contributed by atoms with E-state index < -0.39 is 0 Å². The van der Waals surface area contributed by atoms with Crippen molar-refractivity contribution in [2.45, 2.75) is 37.7 Å². The molecule has 0 saturated heterocycles. The van der Waals surface area contributed by atoms with E-state index in [1.165, 1.54) is 32.1 Å². The lowest BCUT2D eigenvalue weighted by atomic mass is 9.87. The Kier molecular flexibility index (Phi) is 1.52. The van der Waals surface area contributed by atoms with Gasteiger partial charge in [0.2, 0.25) is 0 Å². The molecule has 2 aliphatic carbocycles. The maximum atomic E-state index is 5.77. The molecule has 2 rings (SSSR count). The van der Waals surface area contributed by atoms with Crippen LogP contribution in [0.5, 0.6) is 0 Å². The van der Waals surface area contributed by atoms with E-state index in [-0.39, 0.29) is 5.60 Å². The monoisotopic (exact) mass is 155 g/mol. The summed E-state index contributed by atoms with van der Waals surface area (Å²) in [5.41, 5.74) is 6.34. The predicted octanol–water partition coefficient (Wildman–Crippen LogP) is 1.29. The van der Waals surface area contributed by atoms with E-state index in [0.29, 0.717) is 12.0 Å². The molecule has 2 aliphatic rings. The SMILES string of the molecule is COC1(CN)CCCC12CC2. The molecule has 0 aromatic carbocycles. The second-order valence-corrected chi connectivity index (χ2v) is 4.04. The van der Waals surface area contributed by atoms with Crippen molar-refractivity contribution in [1.29, 1.82) is 0 Å². The van der Waals surface area contributed by atoms with E-state index >= 15 is 0 Å². The standard InChI is InChI=1S/C9H17NO/c1-11-9(7-10)4-2-3-8(9)5-6-8/h2-7,10H2,1H3. The number of nitrogens with two attached hydrogens (primary N) is 1. The molecule has 2 fully saturated rings. The van der Waals surface area contributed by atoms with Crippen LogP contribution in [0.15, 0.2) is 0 Å². The van der Waals surface area contributed by atoms with Crippen LogP contribution in [0.4, 0.5) is 0 Å². The third kappa shape index (κ3) is 0.798. The van der Waals surface area contributed by atoms with Gasteiger partial charge in [-0.05, 0) is 32.1 Å². The minimum absolute atomic E-state index is 0.0625. The fraction of sp³-hybridized carbons (Fsp3) is 1.00. The fourth-order valence-corrected chi connectivity index (χ4v) is 2.78. The summed E-state index contributed by atoms with van der Waals surface area (Å²) >= 11 is 0. The molecule has 11 heavy (non-hydrogen) atoms. The third-order valence-corrected chi connectivity index (χ3v) is 3.78. The molecule has 0 aromatic rings. The summed E-state index contributed by atoms with van der Waals surface area (Å²) in [4.78, 5) is 0.